The van der Waals surface area contributed by atoms with Crippen LogP contribution in [0.15, 0.2) is 18.5 Å². The van der Waals surface area contributed by atoms with Crippen molar-refractivity contribution in [1.82, 2.24) is 24.6 Å². The van der Waals surface area contributed by atoms with Gasteiger partial charge in [0.1, 0.15) is 6.33 Å². The number of urea groups is 1. The fraction of sp³-hybridized carbons (Fsp3) is 0.643. The maximum absolute atomic E-state index is 13.5. The lowest BCUT2D eigenvalue weighted by Crippen LogP contribution is -2.44. The number of nitrogens with one attached hydrogen (secondary N) is 1. The number of hydrogen-bond acceptors (Lipinski definition) is 7. The standard InChI is InChI=1S/C28H38N6O2S/c1-3-37-33-14-10-19(11-15-33)16-29-27(35)34-17-28(12-4-5-13-28)25-22(34)9-8-21(32-25)23-24(20-6-7-20)30-18-31-26(23)36-2/h8-9,18-20H,3-7,10-17H2,1-2H3,(H,29,35). The van der Waals surface area contributed by atoms with Gasteiger partial charge in [-0.3, -0.25) is 9.21 Å². The van der Waals surface area contributed by atoms with E-state index in [9.17, 15) is 4.79 Å². The predicted octanol–water partition coefficient (Wildman–Crippen LogP) is 5.15. The molecule has 4 heterocycles. The van der Waals surface area contributed by atoms with Crippen molar-refractivity contribution in [2.75, 3.05) is 43.9 Å². The van der Waals surface area contributed by atoms with E-state index in [-0.39, 0.29) is 11.4 Å². The molecule has 1 saturated heterocycles. The first kappa shape index (κ1) is 24.9. The Morgan fingerprint density at radius 2 is 1.95 bits per heavy atom. The predicted molar refractivity (Wildman–Crippen MR) is 147 cm³/mol. The third-order valence-electron chi connectivity index (χ3n) is 8.62. The lowest BCUT2D eigenvalue weighted by atomic mass is 9.84. The molecule has 2 aliphatic carbocycles. The van der Waals surface area contributed by atoms with Gasteiger partial charge >= 0.3 is 6.03 Å². The molecule has 0 atom stereocenters. The van der Waals surface area contributed by atoms with E-state index in [1.54, 1.807) is 13.4 Å². The SMILES string of the molecule is CCSN1CCC(CNC(=O)N2CC3(CCCC3)c3nc(-c4c(OC)ncnc4C4CC4)ccc32)CC1. The van der Waals surface area contributed by atoms with Gasteiger partial charge in [0, 0.05) is 43.3 Å². The maximum Gasteiger partial charge on any atom is 0.321 e. The van der Waals surface area contributed by atoms with Gasteiger partial charge in [0.15, 0.2) is 0 Å². The van der Waals surface area contributed by atoms with Crippen LogP contribution in [0.1, 0.15) is 75.6 Å². The number of ether oxygens (including phenoxy) is 1. The molecule has 0 bridgehead atoms. The molecule has 2 saturated carbocycles. The van der Waals surface area contributed by atoms with Gasteiger partial charge in [-0.15, -0.1) is 0 Å². The van der Waals surface area contributed by atoms with Crippen LogP contribution < -0.4 is 15.0 Å². The number of hydrogen-bond donors (Lipinski definition) is 1. The number of carbonyl (C=O) groups is 1. The first-order valence-corrected chi connectivity index (χ1v) is 14.9. The van der Waals surface area contributed by atoms with E-state index < -0.39 is 0 Å². The summed E-state index contributed by atoms with van der Waals surface area (Å²) in [4.78, 5) is 29.7. The van der Waals surface area contributed by atoms with Gasteiger partial charge < -0.3 is 10.1 Å². The molecule has 0 unspecified atom stereocenters. The van der Waals surface area contributed by atoms with Crippen LogP contribution in [0.25, 0.3) is 11.3 Å². The number of nitrogens with zero attached hydrogens (tertiary/aromatic N) is 5. The molecule has 9 heteroatoms. The van der Waals surface area contributed by atoms with Crippen LogP contribution in [-0.2, 0) is 5.41 Å². The Bertz CT molecular complexity index is 1140. The smallest absolute Gasteiger partial charge is 0.321 e. The van der Waals surface area contributed by atoms with Gasteiger partial charge in [-0.25, -0.2) is 19.7 Å². The highest BCUT2D eigenvalue weighted by atomic mass is 32.2. The molecule has 0 radical (unpaired) electrons. The van der Waals surface area contributed by atoms with Crippen molar-refractivity contribution in [3.8, 4) is 17.1 Å². The van der Waals surface area contributed by atoms with E-state index >= 15 is 0 Å². The number of aromatic nitrogens is 3. The van der Waals surface area contributed by atoms with E-state index in [1.165, 1.54) is 12.8 Å². The highest BCUT2D eigenvalue weighted by molar-refractivity contribution is 7.96. The summed E-state index contributed by atoms with van der Waals surface area (Å²) in [5.74, 6) is 2.71. The first-order chi connectivity index (χ1) is 18.1. The Balaban J connectivity index is 1.24. The van der Waals surface area contributed by atoms with Crippen LogP contribution >= 0.6 is 11.9 Å². The molecule has 2 aromatic heterocycles. The molecular weight excluding hydrogens is 484 g/mol. The highest BCUT2D eigenvalue weighted by Gasteiger charge is 2.48. The molecular formula is C28H38N6O2S. The van der Waals surface area contributed by atoms with Crippen molar-refractivity contribution in [3.05, 3.63) is 29.8 Å². The summed E-state index contributed by atoms with van der Waals surface area (Å²) in [7, 11) is 1.66. The molecule has 8 nitrogen and oxygen atoms in total. The zero-order valence-electron chi connectivity index (χ0n) is 22.0. The number of fused-ring (bicyclic) bond motifs is 2. The largest absolute Gasteiger partial charge is 0.480 e. The summed E-state index contributed by atoms with van der Waals surface area (Å²) in [5, 5.41) is 3.28. The van der Waals surface area contributed by atoms with E-state index in [0.29, 0.717) is 24.3 Å². The van der Waals surface area contributed by atoms with Crippen molar-refractivity contribution in [3.63, 3.8) is 0 Å². The maximum atomic E-state index is 13.5. The summed E-state index contributed by atoms with van der Waals surface area (Å²) in [5.41, 5.74) is 4.78. The third kappa shape index (κ3) is 4.80. The molecule has 198 valence electrons. The number of methoxy groups -OCH3 is 1. The van der Waals surface area contributed by atoms with Gasteiger partial charge in [-0.1, -0.05) is 31.7 Å². The van der Waals surface area contributed by atoms with E-state index in [4.69, 9.17) is 9.72 Å². The average Bonchev–Trinajstić information content (AvgIpc) is 3.60. The first-order valence-electron chi connectivity index (χ1n) is 14.0. The van der Waals surface area contributed by atoms with Crippen molar-refractivity contribution >= 4 is 23.7 Å². The summed E-state index contributed by atoms with van der Waals surface area (Å²) < 4.78 is 8.12. The lowest BCUT2D eigenvalue weighted by molar-refractivity contribution is 0.237. The number of piperidine rings is 1. The normalized spacial score (nSPS) is 21.4. The Kier molecular flexibility index (Phi) is 7.01. The molecule has 2 amide bonds. The van der Waals surface area contributed by atoms with Gasteiger partial charge in [0.2, 0.25) is 5.88 Å². The topological polar surface area (TPSA) is 83.5 Å². The second-order valence-corrected chi connectivity index (χ2v) is 12.4. The summed E-state index contributed by atoms with van der Waals surface area (Å²) in [6.07, 6.45) is 10.7. The minimum Gasteiger partial charge on any atom is -0.480 e. The second kappa shape index (κ2) is 10.4. The quantitative estimate of drug-likeness (QED) is 0.504. The van der Waals surface area contributed by atoms with Crippen molar-refractivity contribution < 1.29 is 9.53 Å². The summed E-state index contributed by atoms with van der Waals surface area (Å²) in [6.45, 7) is 5.88. The monoisotopic (exact) mass is 522 g/mol. The Morgan fingerprint density at radius 3 is 2.65 bits per heavy atom. The van der Waals surface area contributed by atoms with Crippen molar-refractivity contribution in [2.45, 2.75) is 69.6 Å². The van der Waals surface area contributed by atoms with Crippen LogP contribution in [0.3, 0.4) is 0 Å². The van der Waals surface area contributed by atoms with Crippen LogP contribution in [-0.4, -0.2) is 64.3 Å². The summed E-state index contributed by atoms with van der Waals surface area (Å²) in [6, 6.07) is 4.14. The molecule has 37 heavy (non-hydrogen) atoms. The van der Waals surface area contributed by atoms with Crippen LogP contribution in [0.2, 0.25) is 0 Å². The number of amides is 2. The number of pyridine rings is 1. The van der Waals surface area contributed by atoms with Crippen LogP contribution in [0.5, 0.6) is 5.88 Å². The number of carbonyl (C=O) groups excluding carboxylic acids is 1. The molecule has 1 spiro atoms. The third-order valence-corrected chi connectivity index (χ3v) is 9.60. The van der Waals surface area contributed by atoms with E-state index in [0.717, 1.165) is 92.2 Å². The molecule has 1 N–H and O–H groups in total. The summed E-state index contributed by atoms with van der Waals surface area (Å²) >= 11 is 1.92. The van der Waals surface area contributed by atoms with Gasteiger partial charge in [0.25, 0.3) is 0 Å². The van der Waals surface area contributed by atoms with Crippen molar-refractivity contribution in [2.24, 2.45) is 5.92 Å². The molecule has 2 aromatic rings. The second-order valence-electron chi connectivity index (χ2n) is 11.0. The Morgan fingerprint density at radius 1 is 1.16 bits per heavy atom. The number of anilines is 1. The minimum atomic E-state index is -0.0615. The highest BCUT2D eigenvalue weighted by Crippen LogP contribution is 2.51. The molecule has 0 aromatic carbocycles. The number of rotatable bonds is 7. The van der Waals surface area contributed by atoms with Gasteiger partial charge in [-0.2, -0.15) is 0 Å². The lowest BCUT2D eigenvalue weighted by Gasteiger charge is -2.31. The fourth-order valence-electron chi connectivity index (χ4n) is 6.49. The van der Waals surface area contributed by atoms with E-state index in [1.807, 2.05) is 22.9 Å². The van der Waals surface area contributed by atoms with Crippen molar-refractivity contribution in [1.29, 1.82) is 0 Å². The van der Waals surface area contributed by atoms with E-state index in [2.05, 4.69) is 32.6 Å². The van der Waals surface area contributed by atoms with Crippen LogP contribution in [0.4, 0.5) is 10.5 Å². The average molecular weight is 523 g/mol. The molecule has 4 aliphatic rings. The minimum absolute atomic E-state index is 0.0178. The Hall–Kier alpha value is -2.39. The zero-order valence-corrected chi connectivity index (χ0v) is 22.9. The fourth-order valence-corrected chi connectivity index (χ4v) is 7.32. The molecule has 3 fully saturated rings. The Labute approximate surface area is 224 Å². The van der Waals surface area contributed by atoms with Gasteiger partial charge in [-0.05, 0) is 56.6 Å². The molecule has 2 aliphatic heterocycles. The zero-order chi connectivity index (χ0) is 25.4. The molecule has 6 rings (SSSR count). The van der Waals surface area contributed by atoms with Crippen LogP contribution in [0, 0.1) is 5.92 Å². The van der Waals surface area contributed by atoms with Gasteiger partial charge in [0.05, 0.1) is 35.4 Å².